The molecule has 1 unspecified atom stereocenters. The van der Waals surface area contributed by atoms with E-state index in [0.29, 0.717) is 33.7 Å². The number of hydrogen-bond donors (Lipinski definition) is 1. The summed E-state index contributed by atoms with van der Waals surface area (Å²) in [4.78, 5) is 32.7. The van der Waals surface area contributed by atoms with Crippen molar-refractivity contribution in [3.8, 4) is 0 Å². The molecule has 4 rings (SSSR count). The number of thiocarbonyl (C=S) groups is 1. The number of carbonyl (C=O) groups excluding carboxylic acids is 1. The van der Waals surface area contributed by atoms with Crippen molar-refractivity contribution in [1.29, 1.82) is 0 Å². The molecular formula is C22H26N4O4S3. The van der Waals surface area contributed by atoms with Crippen LogP contribution in [0.15, 0.2) is 34.1 Å². The zero-order valence-corrected chi connectivity index (χ0v) is 20.8. The summed E-state index contributed by atoms with van der Waals surface area (Å²) in [7, 11) is -3.17. The van der Waals surface area contributed by atoms with E-state index in [0.717, 1.165) is 37.4 Å². The minimum absolute atomic E-state index is 0.0514. The molecule has 2 aromatic heterocycles. The Labute approximate surface area is 202 Å². The van der Waals surface area contributed by atoms with Gasteiger partial charge in [-0.1, -0.05) is 56.2 Å². The van der Waals surface area contributed by atoms with Crippen LogP contribution >= 0.6 is 24.0 Å². The van der Waals surface area contributed by atoms with Crippen molar-refractivity contribution in [1.82, 2.24) is 14.3 Å². The number of anilines is 1. The van der Waals surface area contributed by atoms with Crippen LogP contribution in [0.25, 0.3) is 11.7 Å². The van der Waals surface area contributed by atoms with Gasteiger partial charge in [-0.25, -0.2) is 13.4 Å². The number of thioether (sulfide) groups is 1. The number of amides is 1. The lowest BCUT2D eigenvalue weighted by Gasteiger charge is -2.20. The summed E-state index contributed by atoms with van der Waals surface area (Å²) in [6.07, 6.45) is 7.84. The van der Waals surface area contributed by atoms with Crippen LogP contribution in [0.3, 0.4) is 0 Å². The van der Waals surface area contributed by atoms with E-state index in [9.17, 15) is 18.0 Å². The highest BCUT2D eigenvalue weighted by molar-refractivity contribution is 8.26. The number of fused-ring (bicyclic) bond motifs is 1. The largest absolute Gasteiger partial charge is 0.369 e. The van der Waals surface area contributed by atoms with E-state index >= 15 is 0 Å². The number of pyridine rings is 1. The third-order valence-corrected chi connectivity index (χ3v) is 8.85. The Morgan fingerprint density at radius 3 is 2.82 bits per heavy atom. The quantitative estimate of drug-likeness (QED) is 0.331. The molecule has 2 aromatic rings. The molecule has 11 heteroatoms. The predicted molar refractivity (Wildman–Crippen MR) is 136 cm³/mol. The second kappa shape index (κ2) is 9.94. The van der Waals surface area contributed by atoms with E-state index in [1.807, 2.05) is 6.07 Å². The Hall–Kier alpha value is -2.24. The standard InChI is InChI=1S/C22H26N4O4S3/c1-2-3-4-6-10-23-19-16(20(27)25-11-7-5-8-18(25)24-19)13-17-21(28)26(22(31)32-17)15-9-12-33(29,30)14-15/h5,7-8,11,13,15,23H,2-4,6,9-10,12,14H2,1H3. The summed E-state index contributed by atoms with van der Waals surface area (Å²) in [6, 6.07) is 4.86. The summed E-state index contributed by atoms with van der Waals surface area (Å²) in [5, 5.41) is 3.27. The lowest BCUT2D eigenvalue weighted by Crippen LogP contribution is -2.39. The van der Waals surface area contributed by atoms with Crippen LogP contribution in [-0.4, -0.2) is 57.0 Å². The van der Waals surface area contributed by atoms with Gasteiger partial charge in [0.05, 0.1) is 28.0 Å². The first-order chi connectivity index (χ1) is 15.8. The lowest BCUT2D eigenvalue weighted by atomic mass is 10.2. The Kier molecular flexibility index (Phi) is 7.20. The van der Waals surface area contributed by atoms with Crippen LogP contribution in [-0.2, 0) is 14.6 Å². The molecule has 2 saturated heterocycles. The molecule has 0 aromatic carbocycles. The molecule has 1 atom stereocenters. The highest BCUT2D eigenvalue weighted by Crippen LogP contribution is 2.36. The first-order valence-corrected chi connectivity index (χ1v) is 14.1. The molecule has 0 bridgehead atoms. The average molecular weight is 507 g/mol. The Morgan fingerprint density at radius 2 is 2.09 bits per heavy atom. The van der Waals surface area contributed by atoms with E-state index in [4.69, 9.17) is 12.2 Å². The highest BCUT2D eigenvalue weighted by atomic mass is 32.2. The van der Waals surface area contributed by atoms with E-state index in [-0.39, 0.29) is 28.5 Å². The average Bonchev–Trinajstić information content (AvgIpc) is 3.27. The molecule has 2 aliphatic rings. The number of hydrogen-bond acceptors (Lipinski definition) is 8. The molecule has 1 amide bonds. The summed E-state index contributed by atoms with van der Waals surface area (Å²) < 4.78 is 25.6. The topological polar surface area (TPSA) is 101 Å². The van der Waals surface area contributed by atoms with E-state index in [1.54, 1.807) is 18.3 Å². The van der Waals surface area contributed by atoms with Gasteiger partial charge in [-0.3, -0.25) is 18.9 Å². The minimum Gasteiger partial charge on any atom is -0.369 e. The maximum atomic E-state index is 13.3. The number of sulfone groups is 1. The van der Waals surface area contributed by atoms with Gasteiger partial charge >= 0.3 is 0 Å². The fraction of sp³-hybridized carbons (Fsp3) is 0.455. The molecule has 176 valence electrons. The predicted octanol–water partition coefficient (Wildman–Crippen LogP) is 3.08. The molecule has 0 spiro atoms. The second-order valence-electron chi connectivity index (χ2n) is 8.20. The summed E-state index contributed by atoms with van der Waals surface area (Å²) in [6.45, 7) is 2.81. The van der Waals surface area contributed by atoms with Gasteiger partial charge in [-0.05, 0) is 31.1 Å². The van der Waals surface area contributed by atoms with Crippen molar-refractivity contribution in [3.63, 3.8) is 0 Å². The van der Waals surface area contributed by atoms with Crippen molar-refractivity contribution in [2.45, 2.75) is 45.1 Å². The molecule has 4 heterocycles. The maximum absolute atomic E-state index is 13.3. The molecular weight excluding hydrogens is 480 g/mol. The number of nitrogens with zero attached hydrogens (tertiary/aromatic N) is 3. The van der Waals surface area contributed by atoms with Crippen molar-refractivity contribution in [2.24, 2.45) is 0 Å². The molecule has 0 aliphatic carbocycles. The summed E-state index contributed by atoms with van der Waals surface area (Å²) in [5.74, 6) is 0.0303. The third kappa shape index (κ3) is 5.15. The molecule has 33 heavy (non-hydrogen) atoms. The van der Waals surface area contributed by atoms with Crippen molar-refractivity contribution < 1.29 is 13.2 Å². The zero-order chi connectivity index (χ0) is 23.6. The van der Waals surface area contributed by atoms with E-state index in [2.05, 4.69) is 17.2 Å². The number of carbonyl (C=O) groups is 1. The monoisotopic (exact) mass is 506 g/mol. The highest BCUT2D eigenvalue weighted by Gasteiger charge is 2.42. The first-order valence-electron chi connectivity index (χ1n) is 11.0. The SMILES string of the molecule is CCCCCCNc1nc2ccccn2c(=O)c1C=C1SC(=S)N(C2CCS(=O)(=O)C2)C1=O. The Morgan fingerprint density at radius 1 is 1.27 bits per heavy atom. The van der Waals surface area contributed by atoms with Gasteiger partial charge in [0.15, 0.2) is 9.84 Å². The van der Waals surface area contributed by atoms with Gasteiger partial charge in [0, 0.05) is 12.7 Å². The molecule has 2 fully saturated rings. The number of nitrogens with one attached hydrogen (secondary N) is 1. The van der Waals surface area contributed by atoms with E-state index < -0.39 is 15.9 Å². The Bertz CT molecular complexity index is 1290. The van der Waals surface area contributed by atoms with Gasteiger partial charge in [0.2, 0.25) is 0 Å². The molecule has 1 N–H and O–H groups in total. The Balaban J connectivity index is 1.67. The van der Waals surface area contributed by atoms with Gasteiger partial charge in [0.25, 0.3) is 11.5 Å². The van der Waals surface area contributed by atoms with Crippen LogP contribution in [0.1, 0.15) is 44.6 Å². The molecule has 0 radical (unpaired) electrons. The number of rotatable bonds is 8. The second-order valence-corrected chi connectivity index (χ2v) is 12.1. The van der Waals surface area contributed by atoms with Crippen molar-refractivity contribution in [3.05, 3.63) is 45.2 Å². The third-order valence-electron chi connectivity index (χ3n) is 5.76. The summed E-state index contributed by atoms with van der Waals surface area (Å²) >= 11 is 6.49. The summed E-state index contributed by atoms with van der Waals surface area (Å²) in [5.41, 5.74) is 0.513. The first kappa shape index (κ1) is 23.9. The van der Waals surface area contributed by atoms with Crippen LogP contribution in [0.2, 0.25) is 0 Å². The van der Waals surface area contributed by atoms with Gasteiger partial charge < -0.3 is 5.32 Å². The molecule has 0 saturated carbocycles. The normalized spacial score (nSPS) is 21.4. The smallest absolute Gasteiger partial charge is 0.267 e. The van der Waals surface area contributed by atoms with Gasteiger partial charge in [0.1, 0.15) is 15.8 Å². The van der Waals surface area contributed by atoms with Crippen molar-refractivity contribution >= 4 is 61.6 Å². The maximum Gasteiger partial charge on any atom is 0.267 e. The fourth-order valence-corrected chi connectivity index (χ4v) is 7.11. The minimum atomic E-state index is -3.17. The zero-order valence-electron chi connectivity index (χ0n) is 18.3. The van der Waals surface area contributed by atoms with Crippen LogP contribution in [0.4, 0.5) is 5.82 Å². The van der Waals surface area contributed by atoms with Crippen LogP contribution in [0.5, 0.6) is 0 Å². The lowest BCUT2D eigenvalue weighted by molar-refractivity contribution is -0.123. The van der Waals surface area contributed by atoms with Crippen LogP contribution in [0, 0.1) is 0 Å². The number of aromatic nitrogens is 2. The van der Waals surface area contributed by atoms with Crippen molar-refractivity contribution in [2.75, 3.05) is 23.4 Å². The van der Waals surface area contributed by atoms with Gasteiger partial charge in [-0.2, -0.15) is 0 Å². The number of unbranched alkanes of at least 4 members (excludes halogenated alkanes) is 3. The van der Waals surface area contributed by atoms with Gasteiger partial charge in [-0.15, -0.1) is 0 Å². The van der Waals surface area contributed by atoms with Crippen LogP contribution < -0.4 is 10.9 Å². The molecule has 2 aliphatic heterocycles. The fourth-order valence-electron chi connectivity index (χ4n) is 4.03. The molecule has 8 nitrogen and oxygen atoms in total. The van der Waals surface area contributed by atoms with E-state index in [1.165, 1.54) is 15.4 Å².